The van der Waals surface area contributed by atoms with Gasteiger partial charge in [0, 0.05) is 30.6 Å². The van der Waals surface area contributed by atoms with Gasteiger partial charge in [-0.3, -0.25) is 9.63 Å². The molecule has 33 heavy (non-hydrogen) atoms. The van der Waals surface area contributed by atoms with Gasteiger partial charge in [-0.1, -0.05) is 60.7 Å². The van der Waals surface area contributed by atoms with Gasteiger partial charge in [0.1, 0.15) is 5.75 Å². The molecule has 1 aliphatic heterocycles. The van der Waals surface area contributed by atoms with E-state index in [9.17, 15) is 9.90 Å². The number of aromatic hydroxyl groups is 1. The monoisotopic (exact) mass is 439 g/mol. The van der Waals surface area contributed by atoms with E-state index in [4.69, 9.17) is 9.82 Å². The fourth-order valence-electron chi connectivity index (χ4n) is 4.25. The lowest BCUT2D eigenvalue weighted by Gasteiger charge is -2.16. The SMILES string of the molecule is O=C1c2ccccc2CN1OCCc1c(Cc2ccccc2)ncn1Cc1cccc(O)c1. The van der Waals surface area contributed by atoms with Gasteiger partial charge in [-0.25, -0.2) is 10.0 Å². The summed E-state index contributed by atoms with van der Waals surface area (Å²) < 4.78 is 2.09. The molecule has 0 saturated carbocycles. The lowest BCUT2D eigenvalue weighted by Crippen LogP contribution is -2.25. The Labute approximate surface area is 192 Å². The minimum absolute atomic E-state index is 0.0941. The standard InChI is InChI=1S/C27H25N3O3/c31-23-11-6-9-21(15-23)17-29-19-28-25(16-20-7-2-1-3-8-20)26(29)13-14-33-30-18-22-10-4-5-12-24(22)27(30)32/h1-12,15,19,31H,13-14,16-18H2. The molecule has 3 aromatic carbocycles. The molecule has 6 nitrogen and oxygen atoms in total. The zero-order chi connectivity index (χ0) is 22.6. The zero-order valence-electron chi connectivity index (χ0n) is 18.2. The number of hydrogen-bond donors (Lipinski definition) is 1. The number of hydroxylamine groups is 2. The third-order valence-corrected chi connectivity index (χ3v) is 5.88. The average Bonchev–Trinajstić information content (AvgIpc) is 3.35. The molecule has 1 aliphatic rings. The van der Waals surface area contributed by atoms with Gasteiger partial charge >= 0.3 is 0 Å². The fraction of sp³-hybridized carbons (Fsp3) is 0.185. The van der Waals surface area contributed by atoms with Crippen LogP contribution >= 0.6 is 0 Å². The molecule has 0 radical (unpaired) electrons. The topological polar surface area (TPSA) is 67.6 Å². The van der Waals surface area contributed by atoms with E-state index in [1.54, 1.807) is 12.1 Å². The Balaban J connectivity index is 1.33. The number of nitrogens with zero attached hydrogens (tertiary/aromatic N) is 3. The van der Waals surface area contributed by atoms with E-state index in [2.05, 4.69) is 16.7 Å². The molecule has 0 spiro atoms. The number of amides is 1. The molecule has 166 valence electrons. The van der Waals surface area contributed by atoms with Crippen molar-refractivity contribution < 1.29 is 14.7 Å². The molecule has 0 fully saturated rings. The van der Waals surface area contributed by atoms with Crippen molar-refractivity contribution in [3.8, 4) is 5.75 Å². The Bertz CT molecular complexity index is 1270. The van der Waals surface area contributed by atoms with Crippen LogP contribution in [0.1, 0.15) is 38.4 Å². The minimum atomic E-state index is -0.0941. The van der Waals surface area contributed by atoms with Crippen molar-refractivity contribution in [2.24, 2.45) is 0 Å². The van der Waals surface area contributed by atoms with Crippen LogP contribution in [0.4, 0.5) is 0 Å². The molecular weight excluding hydrogens is 414 g/mol. The molecular formula is C27H25N3O3. The maximum absolute atomic E-state index is 12.6. The number of phenolic OH excluding ortho intramolecular Hbond substituents is 1. The van der Waals surface area contributed by atoms with Gasteiger partial charge in [0.15, 0.2) is 0 Å². The van der Waals surface area contributed by atoms with Crippen LogP contribution in [0.5, 0.6) is 5.75 Å². The van der Waals surface area contributed by atoms with Crippen LogP contribution in [-0.4, -0.2) is 32.2 Å². The quantitative estimate of drug-likeness (QED) is 0.443. The number of imidazole rings is 1. The van der Waals surface area contributed by atoms with Gasteiger partial charge in [0.2, 0.25) is 0 Å². The van der Waals surface area contributed by atoms with Crippen molar-refractivity contribution in [1.82, 2.24) is 14.6 Å². The summed E-state index contributed by atoms with van der Waals surface area (Å²) in [6.07, 6.45) is 3.17. The van der Waals surface area contributed by atoms with E-state index in [1.165, 1.54) is 10.6 Å². The Morgan fingerprint density at radius 2 is 1.73 bits per heavy atom. The Morgan fingerprint density at radius 3 is 2.55 bits per heavy atom. The molecule has 1 amide bonds. The maximum atomic E-state index is 12.6. The molecule has 6 heteroatoms. The smallest absolute Gasteiger partial charge is 0.278 e. The van der Waals surface area contributed by atoms with Crippen LogP contribution in [0, 0.1) is 0 Å². The third-order valence-electron chi connectivity index (χ3n) is 5.88. The molecule has 0 saturated heterocycles. The number of fused-ring (bicyclic) bond motifs is 1. The second-order valence-electron chi connectivity index (χ2n) is 8.18. The number of carbonyl (C=O) groups excluding carboxylic acids is 1. The molecule has 0 atom stereocenters. The molecule has 4 aromatic rings. The normalized spacial score (nSPS) is 12.8. The van der Waals surface area contributed by atoms with E-state index in [0.717, 1.165) is 28.9 Å². The first-order valence-electron chi connectivity index (χ1n) is 11.0. The van der Waals surface area contributed by atoms with Gasteiger partial charge in [0.05, 0.1) is 25.2 Å². The molecule has 1 aromatic heterocycles. The molecule has 0 aliphatic carbocycles. The Morgan fingerprint density at radius 1 is 0.939 bits per heavy atom. The van der Waals surface area contributed by atoms with Crippen LogP contribution in [0.3, 0.4) is 0 Å². The average molecular weight is 440 g/mol. The van der Waals surface area contributed by atoms with E-state index in [0.29, 0.717) is 31.7 Å². The number of hydrogen-bond acceptors (Lipinski definition) is 4. The van der Waals surface area contributed by atoms with E-state index in [1.807, 2.05) is 60.9 Å². The van der Waals surface area contributed by atoms with Crippen molar-refractivity contribution in [3.05, 3.63) is 119 Å². The van der Waals surface area contributed by atoms with Crippen molar-refractivity contribution in [2.75, 3.05) is 6.61 Å². The van der Waals surface area contributed by atoms with E-state index >= 15 is 0 Å². The number of aromatic nitrogens is 2. The van der Waals surface area contributed by atoms with Crippen LogP contribution < -0.4 is 0 Å². The summed E-state index contributed by atoms with van der Waals surface area (Å²) >= 11 is 0. The summed E-state index contributed by atoms with van der Waals surface area (Å²) in [5.41, 5.74) is 5.92. The summed E-state index contributed by atoms with van der Waals surface area (Å²) in [5, 5.41) is 11.3. The van der Waals surface area contributed by atoms with Crippen molar-refractivity contribution >= 4 is 5.91 Å². The summed E-state index contributed by atoms with van der Waals surface area (Å²) in [7, 11) is 0. The molecule has 0 bridgehead atoms. The second-order valence-corrected chi connectivity index (χ2v) is 8.18. The summed E-state index contributed by atoms with van der Waals surface area (Å²) in [4.78, 5) is 23.2. The largest absolute Gasteiger partial charge is 0.508 e. The number of rotatable bonds is 8. The molecule has 0 unspecified atom stereocenters. The van der Waals surface area contributed by atoms with Gasteiger partial charge in [0.25, 0.3) is 5.91 Å². The van der Waals surface area contributed by atoms with Gasteiger partial charge in [-0.15, -0.1) is 0 Å². The molecule has 2 heterocycles. The molecule has 5 rings (SSSR count). The van der Waals surface area contributed by atoms with E-state index < -0.39 is 0 Å². The van der Waals surface area contributed by atoms with E-state index in [-0.39, 0.29) is 11.7 Å². The Kier molecular flexibility index (Phi) is 5.91. The van der Waals surface area contributed by atoms with Gasteiger partial charge in [-0.05, 0) is 34.9 Å². The van der Waals surface area contributed by atoms with Crippen LogP contribution in [0.2, 0.25) is 0 Å². The number of carbonyl (C=O) groups is 1. The highest BCUT2D eigenvalue weighted by molar-refractivity contribution is 5.97. The summed E-state index contributed by atoms with van der Waals surface area (Å²) in [6, 6.07) is 25.1. The van der Waals surface area contributed by atoms with Gasteiger partial charge in [-0.2, -0.15) is 0 Å². The first-order valence-corrected chi connectivity index (χ1v) is 11.0. The fourth-order valence-corrected chi connectivity index (χ4v) is 4.25. The van der Waals surface area contributed by atoms with Crippen molar-refractivity contribution in [1.29, 1.82) is 0 Å². The highest BCUT2D eigenvalue weighted by atomic mass is 16.7. The highest BCUT2D eigenvalue weighted by Gasteiger charge is 2.27. The number of phenols is 1. The maximum Gasteiger partial charge on any atom is 0.278 e. The lowest BCUT2D eigenvalue weighted by atomic mass is 10.1. The third kappa shape index (κ3) is 4.66. The lowest BCUT2D eigenvalue weighted by molar-refractivity contribution is -0.124. The van der Waals surface area contributed by atoms with Crippen LogP contribution in [0.25, 0.3) is 0 Å². The summed E-state index contributed by atoms with van der Waals surface area (Å²) in [6.45, 7) is 1.43. The Hall–Kier alpha value is -3.90. The minimum Gasteiger partial charge on any atom is -0.508 e. The van der Waals surface area contributed by atoms with Crippen LogP contribution in [0.15, 0.2) is 85.2 Å². The molecule has 1 N–H and O–H groups in total. The summed E-state index contributed by atoms with van der Waals surface area (Å²) in [5.74, 6) is 0.150. The second kappa shape index (κ2) is 9.30. The van der Waals surface area contributed by atoms with Gasteiger partial charge < -0.3 is 9.67 Å². The highest BCUT2D eigenvalue weighted by Crippen LogP contribution is 2.23. The first kappa shape index (κ1) is 21.0. The van der Waals surface area contributed by atoms with Crippen molar-refractivity contribution in [3.63, 3.8) is 0 Å². The van der Waals surface area contributed by atoms with Crippen molar-refractivity contribution in [2.45, 2.75) is 25.9 Å². The zero-order valence-corrected chi connectivity index (χ0v) is 18.2. The first-order chi connectivity index (χ1) is 16.2. The predicted octanol–water partition coefficient (Wildman–Crippen LogP) is 4.36. The number of benzene rings is 3. The predicted molar refractivity (Wildman–Crippen MR) is 125 cm³/mol. The van der Waals surface area contributed by atoms with Crippen LogP contribution in [-0.2, 0) is 30.8 Å².